The number of nitrogens with one attached hydrogen (secondary N) is 1. The molecule has 2 aromatic rings. The van der Waals surface area contributed by atoms with Crippen molar-refractivity contribution in [3.8, 4) is 11.5 Å². The van der Waals surface area contributed by atoms with E-state index in [-0.39, 0.29) is 5.91 Å². The highest BCUT2D eigenvalue weighted by Gasteiger charge is 2.20. The molecule has 0 radical (unpaired) electrons. The van der Waals surface area contributed by atoms with E-state index in [4.69, 9.17) is 14.0 Å². The fraction of sp³-hybridized carbons (Fsp3) is 0.444. The Bertz CT molecular complexity index is 783. The zero-order valence-electron chi connectivity index (χ0n) is 14.7. The third kappa shape index (κ3) is 3.97. The summed E-state index contributed by atoms with van der Waals surface area (Å²) in [6.07, 6.45) is 0. The van der Waals surface area contributed by atoms with Crippen molar-refractivity contribution in [1.29, 1.82) is 0 Å². The van der Waals surface area contributed by atoms with E-state index in [0.717, 1.165) is 49.9 Å². The number of anilines is 1. The van der Waals surface area contributed by atoms with Gasteiger partial charge in [0, 0.05) is 38.8 Å². The minimum absolute atomic E-state index is 0.0784. The van der Waals surface area contributed by atoms with Gasteiger partial charge in [0.15, 0.2) is 11.5 Å². The van der Waals surface area contributed by atoms with Gasteiger partial charge in [0.2, 0.25) is 18.6 Å². The van der Waals surface area contributed by atoms with Crippen molar-refractivity contribution < 1.29 is 18.8 Å². The number of hydrogen-bond acceptors (Lipinski definition) is 7. The second kappa shape index (κ2) is 7.35. The zero-order valence-corrected chi connectivity index (χ0v) is 14.7. The molecule has 0 unspecified atom stereocenters. The predicted molar refractivity (Wildman–Crippen MR) is 94.2 cm³/mol. The average Bonchev–Trinajstić information content (AvgIpc) is 3.25. The number of carbonyl (C=O) groups is 1. The van der Waals surface area contributed by atoms with Crippen LogP contribution in [0.4, 0.5) is 5.88 Å². The van der Waals surface area contributed by atoms with Crippen LogP contribution in [0.1, 0.15) is 11.3 Å². The molecule has 1 saturated heterocycles. The predicted octanol–water partition coefficient (Wildman–Crippen LogP) is 1.47. The maximum absolute atomic E-state index is 12.1. The largest absolute Gasteiger partial charge is 0.454 e. The summed E-state index contributed by atoms with van der Waals surface area (Å²) in [6, 6.07) is 7.79. The zero-order chi connectivity index (χ0) is 17.9. The first-order chi connectivity index (χ1) is 12.7. The highest BCUT2D eigenvalue weighted by Crippen LogP contribution is 2.32. The summed E-state index contributed by atoms with van der Waals surface area (Å²) in [6.45, 7) is 6.89. The highest BCUT2D eigenvalue weighted by atomic mass is 16.7. The molecule has 138 valence electrons. The van der Waals surface area contributed by atoms with Crippen LogP contribution in [-0.2, 0) is 11.3 Å². The number of aromatic nitrogens is 1. The van der Waals surface area contributed by atoms with Crippen LogP contribution in [0.25, 0.3) is 0 Å². The second-order valence-corrected chi connectivity index (χ2v) is 6.62. The molecule has 1 aromatic carbocycles. The van der Waals surface area contributed by atoms with Gasteiger partial charge < -0.3 is 14.0 Å². The monoisotopic (exact) mass is 358 g/mol. The van der Waals surface area contributed by atoms with Crippen LogP contribution in [0, 0.1) is 6.92 Å². The number of hydrogen-bond donors (Lipinski definition) is 1. The fourth-order valence-electron chi connectivity index (χ4n) is 3.21. The van der Waals surface area contributed by atoms with Gasteiger partial charge in [0.1, 0.15) is 0 Å². The first kappa shape index (κ1) is 16.9. The van der Waals surface area contributed by atoms with E-state index in [2.05, 4.69) is 26.3 Å². The highest BCUT2D eigenvalue weighted by molar-refractivity contribution is 5.90. The summed E-state index contributed by atoms with van der Waals surface area (Å²) in [4.78, 5) is 16.6. The molecule has 1 fully saturated rings. The van der Waals surface area contributed by atoms with Crippen molar-refractivity contribution in [3.05, 3.63) is 35.5 Å². The Balaban J connectivity index is 1.23. The minimum atomic E-state index is -0.0784. The first-order valence-corrected chi connectivity index (χ1v) is 8.72. The van der Waals surface area contributed by atoms with E-state index in [0.29, 0.717) is 19.2 Å². The van der Waals surface area contributed by atoms with Crippen LogP contribution < -0.4 is 14.8 Å². The third-order valence-corrected chi connectivity index (χ3v) is 4.57. The standard InChI is InChI=1S/C18H22N4O4/c1-13-8-18(26-20-13)19-17(23)11-22-6-4-21(5-7-22)10-14-2-3-15-16(9-14)25-12-24-15/h2-3,8-9H,4-7,10-12H2,1H3,(H,19,23). The normalized spacial score (nSPS) is 17.4. The third-order valence-electron chi connectivity index (χ3n) is 4.57. The Morgan fingerprint density at radius 3 is 2.65 bits per heavy atom. The SMILES string of the molecule is Cc1cc(NC(=O)CN2CCN(Cc3ccc4c(c3)OCO4)CC2)on1. The lowest BCUT2D eigenvalue weighted by molar-refractivity contribution is -0.117. The summed E-state index contributed by atoms with van der Waals surface area (Å²) in [5.74, 6) is 1.95. The lowest BCUT2D eigenvalue weighted by Gasteiger charge is -2.34. The average molecular weight is 358 g/mol. The molecule has 0 atom stereocenters. The van der Waals surface area contributed by atoms with Crippen LogP contribution in [0.2, 0.25) is 0 Å². The number of aryl methyl sites for hydroxylation is 1. The number of ether oxygens (including phenoxy) is 2. The van der Waals surface area contributed by atoms with Gasteiger partial charge in [0.25, 0.3) is 0 Å². The summed E-state index contributed by atoms with van der Waals surface area (Å²) in [5.41, 5.74) is 1.96. The fourth-order valence-corrected chi connectivity index (χ4v) is 3.21. The number of nitrogens with zero attached hydrogens (tertiary/aromatic N) is 3. The second-order valence-electron chi connectivity index (χ2n) is 6.62. The number of benzene rings is 1. The van der Waals surface area contributed by atoms with E-state index >= 15 is 0 Å². The summed E-state index contributed by atoms with van der Waals surface area (Å²) in [7, 11) is 0. The van der Waals surface area contributed by atoms with Crippen molar-refractivity contribution in [2.24, 2.45) is 0 Å². The van der Waals surface area contributed by atoms with Gasteiger partial charge in [-0.2, -0.15) is 0 Å². The number of rotatable bonds is 5. The summed E-state index contributed by atoms with van der Waals surface area (Å²) in [5, 5.41) is 6.50. The Kier molecular flexibility index (Phi) is 4.77. The first-order valence-electron chi connectivity index (χ1n) is 8.72. The van der Waals surface area contributed by atoms with Crippen molar-refractivity contribution in [3.63, 3.8) is 0 Å². The molecule has 8 heteroatoms. The maximum Gasteiger partial charge on any atom is 0.240 e. The van der Waals surface area contributed by atoms with Gasteiger partial charge in [-0.3, -0.25) is 19.9 Å². The molecule has 2 aliphatic rings. The number of carbonyl (C=O) groups excluding carboxylic acids is 1. The van der Waals surface area contributed by atoms with Crippen molar-refractivity contribution >= 4 is 11.8 Å². The van der Waals surface area contributed by atoms with E-state index in [1.807, 2.05) is 19.1 Å². The summed E-state index contributed by atoms with van der Waals surface area (Å²) < 4.78 is 15.8. The minimum Gasteiger partial charge on any atom is -0.454 e. The molecule has 26 heavy (non-hydrogen) atoms. The van der Waals surface area contributed by atoms with Gasteiger partial charge in [0.05, 0.1) is 12.2 Å². The quantitative estimate of drug-likeness (QED) is 0.867. The molecule has 0 bridgehead atoms. The lowest BCUT2D eigenvalue weighted by atomic mass is 10.1. The van der Waals surface area contributed by atoms with Gasteiger partial charge in [-0.25, -0.2) is 0 Å². The maximum atomic E-state index is 12.1. The molecule has 8 nitrogen and oxygen atoms in total. The van der Waals surface area contributed by atoms with Gasteiger partial charge >= 0.3 is 0 Å². The molecule has 1 N–H and O–H groups in total. The molecule has 0 saturated carbocycles. The van der Waals surface area contributed by atoms with Crippen LogP contribution in [0.3, 0.4) is 0 Å². The number of piperazine rings is 1. The molecular formula is C18H22N4O4. The van der Waals surface area contributed by atoms with Crippen LogP contribution in [-0.4, -0.2) is 60.4 Å². The van der Waals surface area contributed by atoms with Crippen molar-refractivity contribution in [1.82, 2.24) is 15.0 Å². The molecular weight excluding hydrogens is 336 g/mol. The number of amides is 1. The molecule has 1 amide bonds. The topological polar surface area (TPSA) is 80.1 Å². The number of fused-ring (bicyclic) bond motifs is 1. The Morgan fingerprint density at radius 2 is 1.88 bits per heavy atom. The Hall–Kier alpha value is -2.58. The van der Waals surface area contributed by atoms with E-state index in [1.165, 1.54) is 5.56 Å². The molecule has 1 aromatic heterocycles. The van der Waals surface area contributed by atoms with Gasteiger partial charge in [-0.15, -0.1) is 0 Å². The van der Waals surface area contributed by atoms with E-state index in [9.17, 15) is 4.79 Å². The smallest absolute Gasteiger partial charge is 0.240 e. The van der Waals surface area contributed by atoms with Gasteiger partial charge in [-0.1, -0.05) is 11.2 Å². The van der Waals surface area contributed by atoms with Crippen molar-refractivity contribution in [2.75, 3.05) is 44.8 Å². The molecule has 2 aliphatic heterocycles. The van der Waals surface area contributed by atoms with Gasteiger partial charge in [-0.05, 0) is 24.6 Å². The van der Waals surface area contributed by atoms with Crippen LogP contribution >= 0.6 is 0 Å². The van der Waals surface area contributed by atoms with Crippen molar-refractivity contribution in [2.45, 2.75) is 13.5 Å². The van der Waals surface area contributed by atoms with E-state index in [1.54, 1.807) is 6.07 Å². The lowest BCUT2D eigenvalue weighted by Crippen LogP contribution is -2.48. The molecule has 4 rings (SSSR count). The van der Waals surface area contributed by atoms with Crippen LogP contribution in [0.15, 0.2) is 28.8 Å². The Labute approximate surface area is 151 Å². The van der Waals surface area contributed by atoms with Crippen LogP contribution in [0.5, 0.6) is 11.5 Å². The molecule has 3 heterocycles. The molecule has 0 spiro atoms. The Morgan fingerprint density at radius 1 is 1.12 bits per heavy atom. The van der Waals surface area contributed by atoms with E-state index < -0.39 is 0 Å². The molecule has 0 aliphatic carbocycles. The summed E-state index contributed by atoms with van der Waals surface area (Å²) >= 11 is 0.